The Balaban J connectivity index is 1.20. The first-order valence-electron chi connectivity index (χ1n) is 10.8. The van der Waals surface area contributed by atoms with Crippen LogP contribution in [0.1, 0.15) is 24.8 Å². The van der Waals surface area contributed by atoms with Crippen molar-refractivity contribution in [3.63, 3.8) is 0 Å². The zero-order chi connectivity index (χ0) is 23.3. The fourth-order valence-corrected chi connectivity index (χ4v) is 6.64. The molecule has 9 heteroatoms. The molecule has 0 aliphatic heterocycles. The molecule has 0 atom stereocenters. The van der Waals surface area contributed by atoms with Crippen LogP contribution < -0.4 is 14.8 Å². The lowest BCUT2D eigenvalue weighted by Gasteiger charge is -2.11. The van der Waals surface area contributed by atoms with Gasteiger partial charge in [0.25, 0.3) is 0 Å². The molecule has 0 saturated heterocycles. The van der Waals surface area contributed by atoms with Gasteiger partial charge in [0.05, 0.1) is 17.7 Å². The monoisotopic (exact) mass is 501 g/mol. The van der Waals surface area contributed by atoms with Gasteiger partial charge in [-0.25, -0.2) is 18.1 Å². The average molecular weight is 502 g/mol. The lowest BCUT2D eigenvalue weighted by atomic mass is 10.2. The summed E-state index contributed by atoms with van der Waals surface area (Å²) in [6.07, 6.45) is 2.61. The van der Waals surface area contributed by atoms with Crippen LogP contribution in [0.15, 0.2) is 58.8 Å². The van der Waals surface area contributed by atoms with Crippen molar-refractivity contribution >= 4 is 47.9 Å². The number of thiazole rings is 1. The molecule has 6 nitrogen and oxygen atoms in total. The van der Waals surface area contributed by atoms with Crippen molar-refractivity contribution in [3.05, 3.63) is 59.5 Å². The third kappa shape index (κ3) is 5.92. The first kappa shape index (κ1) is 23.7. The molecule has 0 saturated carbocycles. The van der Waals surface area contributed by atoms with E-state index in [4.69, 9.17) is 9.72 Å². The zero-order valence-electron chi connectivity index (χ0n) is 18.6. The Morgan fingerprint density at radius 1 is 1.03 bits per heavy atom. The minimum absolute atomic E-state index is 0.185. The number of hydrogen-bond donors (Lipinski definition) is 2. The van der Waals surface area contributed by atoms with Crippen LogP contribution in [-0.4, -0.2) is 33.6 Å². The molecule has 0 bridgehead atoms. The quantitative estimate of drug-likeness (QED) is 0.250. The van der Waals surface area contributed by atoms with Crippen molar-refractivity contribution in [3.8, 4) is 16.3 Å². The smallest absolute Gasteiger partial charge is 0.244 e. The van der Waals surface area contributed by atoms with Gasteiger partial charge in [-0.1, -0.05) is 30.7 Å². The molecule has 0 radical (unpaired) electrons. The summed E-state index contributed by atoms with van der Waals surface area (Å²) in [4.78, 5) is 6.08. The average Bonchev–Trinajstić information content (AvgIpc) is 3.45. The molecular weight excluding hydrogens is 474 g/mol. The van der Waals surface area contributed by atoms with Crippen molar-refractivity contribution in [1.82, 2.24) is 9.71 Å². The van der Waals surface area contributed by atoms with Gasteiger partial charge in [0.1, 0.15) is 10.6 Å². The normalized spacial score (nSPS) is 11.7. The van der Waals surface area contributed by atoms with E-state index in [0.29, 0.717) is 12.3 Å². The van der Waals surface area contributed by atoms with E-state index in [2.05, 4.69) is 45.8 Å². The number of ether oxygens (including phenoxy) is 1. The highest BCUT2D eigenvalue weighted by atomic mass is 32.2. The van der Waals surface area contributed by atoms with Gasteiger partial charge in [-0.05, 0) is 55.0 Å². The molecule has 0 fully saturated rings. The van der Waals surface area contributed by atoms with Gasteiger partial charge in [-0.3, -0.25) is 0 Å². The van der Waals surface area contributed by atoms with Crippen LogP contribution in [0.25, 0.3) is 20.7 Å². The summed E-state index contributed by atoms with van der Waals surface area (Å²) in [5.41, 5.74) is 1.88. The summed E-state index contributed by atoms with van der Waals surface area (Å²) < 4.78 is 34.4. The van der Waals surface area contributed by atoms with Crippen LogP contribution in [0.5, 0.6) is 5.75 Å². The number of benzene rings is 2. The van der Waals surface area contributed by atoms with E-state index in [1.807, 2.05) is 13.0 Å². The Hall–Kier alpha value is -2.46. The maximum absolute atomic E-state index is 12.6. The number of nitrogens with one attached hydrogen (secondary N) is 2. The topological polar surface area (TPSA) is 80.3 Å². The van der Waals surface area contributed by atoms with Gasteiger partial charge >= 0.3 is 0 Å². The fourth-order valence-electron chi connectivity index (χ4n) is 3.48. The number of fused-ring (bicyclic) bond motifs is 1. The van der Waals surface area contributed by atoms with Crippen LogP contribution in [0.2, 0.25) is 0 Å². The predicted molar refractivity (Wildman–Crippen MR) is 138 cm³/mol. The number of sulfonamides is 1. The molecule has 2 N–H and O–H groups in total. The van der Waals surface area contributed by atoms with Crippen molar-refractivity contribution in [1.29, 1.82) is 0 Å². The van der Waals surface area contributed by atoms with Crippen molar-refractivity contribution in [2.24, 2.45) is 0 Å². The van der Waals surface area contributed by atoms with Gasteiger partial charge in [0.15, 0.2) is 5.13 Å². The van der Waals surface area contributed by atoms with Crippen molar-refractivity contribution in [2.75, 3.05) is 25.5 Å². The molecule has 2 heterocycles. The number of aromatic nitrogens is 1. The van der Waals surface area contributed by atoms with Gasteiger partial charge in [0.2, 0.25) is 10.0 Å². The molecular formula is C24H27N3O3S3. The Kier molecular flexibility index (Phi) is 7.64. The number of hydrogen-bond acceptors (Lipinski definition) is 7. The van der Waals surface area contributed by atoms with Gasteiger partial charge in [-0.15, -0.1) is 22.7 Å². The molecule has 0 aliphatic rings. The molecule has 4 aromatic rings. The summed E-state index contributed by atoms with van der Waals surface area (Å²) in [5.74, 6) is 0.357. The predicted octanol–water partition coefficient (Wildman–Crippen LogP) is 5.90. The Labute approximate surface area is 202 Å². The van der Waals surface area contributed by atoms with Gasteiger partial charge in [0, 0.05) is 23.2 Å². The number of aryl methyl sites for hydroxylation is 1. The van der Waals surface area contributed by atoms with Crippen LogP contribution >= 0.6 is 22.7 Å². The summed E-state index contributed by atoms with van der Waals surface area (Å²) in [6.45, 7) is 3.06. The molecule has 0 unspecified atom stereocenters. The Morgan fingerprint density at radius 3 is 2.67 bits per heavy atom. The summed E-state index contributed by atoms with van der Waals surface area (Å²) in [7, 11) is -2.12. The largest absolute Gasteiger partial charge is 0.495 e. The number of thiophene rings is 1. The third-order valence-electron chi connectivity index (χ3n) is 5.21. The van der Waals surface area contributed by atoms with E-state index in [-0.39, 0.29) is 4.90 Å². The van der Waals surface area contributed by atoms with E-state index in [9.17, 15) is 8.42 Å². The number of anilines is 1. The Bertz CT molecular complexity index is 1300. The third-order valence-corrected chi connectivity index (χ3v) is 8.63. The van der Waals surface area contributed by atoms with E-state index >= 15 is 0 Å². The van der Waals surface area contributed by atoms with Crippen LogP contribution in [-0.2, 0) is 10.0 Å². The highest BCUT2D eigenvalue weighted by Crippen LogP contribution is 2.34. The summed E-state index contributed by atoms with van der Waals surface area (Å²) in [5, 5.41) is 7.62. The molecule has 174 valence electrons. The minimum Gasteiger partial charge on any atom is -0.495 e. The summed E-state index contributed by atoms with van der Waals surface area (Å²) >= 11 is 3.37. The maximum atomic E-state index is 12.6. The van der Waals surface area contributed by atoms with E-state index in [1.165, 1.54) is 22.1 Å². The molecule has 2 aromatic carbocycles. The second-order valence-corrected chi connectivity index (χ2v) is 11.4. The van der Waals surface area contributed by atoms with Crippen LogP contribution in [0, 0.1) is 6.92 Å². The minimum atomic E-state index is -3.59. The highest BCUT2D eigenvalue weighted by Gasteiger charge is 2.19. The molecule has 4 rings (SSSR count). The second-order valence-electron chi connectivity index (χ2n) is 7.73. The number of unbranched alkanes of at least 4 members (excludes halogenated alkanes) is 2. The highest BCUT2D eigenvalue weighted by molar-refractivity contribution is 7.89. The van der Waals surface area contributed by atoms with Crippen molar-refractivity contribution in [2.45, 2.75) is 31.1 Å². The van der Waals surface area contributed by atoms with E-state index in [1.54, 1.807) is 34.8 Å². The number of rotatable bonds is 11. The Morgan fingerprint density at radius 2 is 1.85 bits per heavy atom. The maximum Gasteiger partial charge on any atom is 0.244 e. The van der Waals surface area contributed by atoms with E-state index < -0.39 is 10.0 Å². The lowest BCUT2D eigenvalue weighted by molar-refractivity contribution is 0.402. The van der Waals surface area contributed by atoms with Gasteiger partial charge < -0.3 is 10.1 Å². The summed E-state index contributed by atoms with van der Waals surface area (Å²) in [6, 6.07) is 15.7. The standard InChI is InChI=1S/C24H27N3O3S3/c1-17-10-11-20(30-2)23(14-17)33(28,29)26-13-7-3-6-12-25-24-27-19(16-31-24)22-15-18-8-4-5-9-21(18)32-22/h4-5,8-11,14-16,26H,3,6-7,12-13H2,1-2H3,(H,25,27). The number of nitrogens with zero attached hydrogens (tertiary/aromatic N) is 1. The molecule has 2 aromatic heterocycles. The SMILES string of the molecule is COc1ccc(C)cc1S(=O)(=O)NCCCCCNc1nc(-c2cc3ccccc3s2)cs1. The molecule has 0 spiro atoms. The van der Waals surface area contributed by atoms with Crippen LogP contribution in [0.4, 0.5) is 5.13 Å². The van der Waals surface area contributed by atoms with E-state index in [0.717, 1.165) is 42.2 Å². The molecule has 0 aliphatic carbocycles. The first-order chi connectivity index (χ1) is 16.0. The van der Waals surface area contributed by atoms with Crippen LogP contribution in [0.3, 0.4) is 0 Å². The fraction of sp³-hybridized carbons (Fsp3) is 0.292. The number of methoxy groups -OCH3 is 1. The first-order valence-corrected chi connectivity index (χ1v) is 14.0. The zero-order valence-corrected chi connectivity index (χ0v) is 21.1. The van der Waals surface area contributed by atoms with Gasteiger partial charge in [-0.2, -0.15) is 0 Å². The van der Waals surface area contributed by atoms with Crippen molar-refractivity contribution < 1.29 is 13.2 Å². The lowest BCUT2D eigenvalue weighted by Crippen LogP contribution is -2.25. The second kappa shape index (κ2) is 10.6. The molecule has 0 amide bonds. The molecule has 33 heavy (non-hydrogen) atoms.